The number of halogens is 2. The summed E-state index contributed by atoms with van der Waals surface area (Å²) in [6.07, 6.45) is 0.960. The largest absolute Gasteiger partial charge is 0.379 e. The van der Waals surface area contributed by atoms with Crippen LogP contribution in [0.15, 0.2) is 41.5 Å². The molecular weight excluding hydrogens is 374 g/mol. The smallest absolute Gasteiger partial charge is 0.274 e. The first-order chi connectivity index (χ1) is 13.0. The number of ether oxygens (including phenoxy) is 1. The summed E-state index contributed by atoms with van der Waals surface area (Å²) in [6.45, 7) is 0.700. The number of fused-ring (bicyclic) bond motifs is 1. The minimum atomic E-state index is -0.895. The predicted molar refractivity (Wildman–Crippen MR) is 98.6 cm³/mol. The van der Waals surface area contributed by atoms with Gasteiger partial charge < -0.3 is 15.8 Å². The molecule has 1 aromatic carbocycles. The van der Waals surface area contributed by atoms with Crippen LogP contribution in [0.3, 0.4) is 0 Å². The number of pyridine rings is 1. The lowest BCUT2D eigenvalue weighted by atomic mass is 9.81. The first-order valence-corrected chi connectivity index (χ1v) is 9.25. The summed E-state index contributed by atoms with van der Waals surface area (Å²) in [4.78, 5) is 20.6. The van der Waals surface area contributed by atoms with Crippen LogP contribution in [-0.2, 0) is 10.3 Å². The first-order valence-electron chi connectivity index (χ1n) is 8.27. The lowest BCUT2D eigenvalue weighted by Gasteiger charge is -2.34. The van der Waals surface area contributed by atoms with Crippen LogP contribution in [-0.4, -0.2) is 35.0 Å². The maximum Gasteiger partial charge on any atom is 0.274 e. The summed E-state index contributed by atoms with van der Waals surface area (Å²) in [5, 5.41) is 3.05. The van der Waals surface area contributed by atoms with Gasteiger partial charge in [-0.2, -0.15) is 0 Å². The Bertz CT molecular complexity index is 922. The normalized spacial score (nSPS) is 24.2. The lowest BCUT2D eigenvalue weighted by Crippen LogP contribution is -2.40. The average Bonchev–Trinajstić information content (AvgIpc) is 3.07. The summed E-state index contributed by atoms with van der Waals surface area (Å²) in [7, 11) is 0. The van der Waals surface area contributed by atoms with E-state index in [1.807, 2.05) is 0 Å². The van der Waals surface area contributed by atoms with Crippen molar-refractivity contribution in [3.63, 3.8) is 0 Å². The number of aliphatic imine (C=N–C) groups is 1. The Morgan fingerprint density at radius 2 is 2.19 bits per heavy atom. The summed E-state index contributed by atoms with van der Waals surface area (Å²) >= 11 is 1.42. The van der Waals surface area contributed by atoms with E-state index in [2.05, 4.69) is 15.3 Å². The number of aromatic nitrogens is 1. The maximum absolute atomic E-state index is 14.7. The molecule has 4 rings (SSSR count). The van der Waals surface area contributed by atoms with E-state index in [4.69, 9.17) is 10.5 Å². The van der Waals surface area contributed by atoms with Crippen LogP contribution in [0.4, 0.5) is 14.5 Å². The van der Waals surface area contributed by atoms with Crippen LogP contribution >= 0.6 is 11.8 Å². The van der Waals surface area contributed by atoms with Crippen molar-refractivity contribution >= 4 is 28.5 Å². The van der Waals surface area contributed by atoms with E-state index < -0.39 is 23.1 Å². The minimum absolute atomic E-state index is 0.00554. The molecule has 0 aliphatic carbocycles. The van der Waals surface area contributed by atoms with Gasteiger partial charge in [-0.25, -0.2) is 18.8 Å². The summed E-state index contributed by atoms with van der Waals surface area (Å²) < 4.78 is 33.2. The van der Waals surface area contributed by atoms with Crippen LogP contribution in [0.1, 0.15) is 16.1 Å². The number of carbonyl (C=O) groups is 1. The molecule has 9 heteroatoms. The third-order valence-electron chi connectivity index (χ3n) is 4.71. The van der Waals surface area contributed by atoms with Crippen LogP contribution in [0.5, 0.6) is 0 Å². The van der Waals surface area contributed by atoms with Crippen molar-refractivity contribution in [3.8, 4) is 0 Å². The van der Waals surface area contributed by atoms with E-state index >= 15 is 0 Å². The second-order valence-electron chi connectivity index (χ2n) is 6.41. The minimum Gasteiger partial charge on any atom is -0.379 e. The SMILES string of the molecule is NC1=N[C@@]2(c3cc(NC(=O)c4ccc(F)cn4)ccc3F)COC[C@H]2CS1. The molecule has 27 heavy (non-hydrogen) atoms. The van der Waals surface area contributed by atoms with Crippen LogP contribution in [0, 0.1) is 17.6 Å². The Kier molecular flexibility index (Phi) is 4.56. The molecular formula is C18H16F2N4O2S. The van der Waals surface area contributed by atoms with Gasteiger partial charge in [0.2, 0.25) is 0 Å². The Labute approximate surface area is 158 Å². The van der Waals surface area contributed by atoms with Gasteiger partial charge in [-0.15, -0.1) is 0 Å². The van der Waals surface area contributed by atoms with Gasteiger partial charge in [0.15, 0.2) is 5.17 Å². The second kappa shape index (κ2) is 6.90. The summed E-state index contributed by atoms with van der Waals surface area (Å²) in [5.41, 5.74) is 5.77. The Morgan fingerprint density at radius 1 is 1.33 bits per heavy atom. The van der Waals surface area contributed by atoms with Gasteiger partial charge in [-0.3, -0.25) is 4.79 Å². The average molecular weight is 390 g/mol. The molecule has 1 aromatic heterocycles. The van der Waals surface area contributed by atoms with Gasteiger partial charge >= 0.3 is 0 Å². The number of amides is 1. The molecule has 0 saturated carbocycles. The van der Waals surface area contributed by atoms with E-state index in [0.29, 0.717) is 28.8 Å². The molecule has 3 N–H and O–H groups in total. The highest BCUT2D eigenvalue weighted by molar-refractivity contribution is 8.13. The molecule has 2 aliphatic rings. The number of nitrogens with one attached hydrogen (secondary N) is 1. The van der Waals surface area contributed by atoms with E-state index in [9.17, 15) is 13.6 Å². The molecule has 2 aliphatic heterocycles. The first kappa shape index (κ1) is 17.9. The van der Waals surface area contributed by atoms with Crippen molar-refractivity contribution < 1.29 is 18.3 Å². The fraction of sp³-hybridized carbons (Fsp3) is 0.278. The number of anilines is 1. The number of nitrogens with two attached hydrogens (primary N) is 1. The third-order valence-corrected chi connectivity index (χ3v) is 5.67. The van der Waals surface area contributed by atoms with Crippen LogP contribution in [0.25, 0.3) is 0 Å². The highest BCUT2D eigenvalue weighted by atomic mass is 32.2. The molecule has 0 radical (unpaired) electrons. The van der Waals surface area contributed by atoms with Crippen LogP contribution < -0.4 is 11.1 Å². The predicted octanol–water partition coefficient (Wildman–Crippen LogP) is 2.52. The molecule has 0 unspecified atom stereocenters. The maximum atomic E-state index is 14.7. The molecule has 2 atom stereocenters. The zero-order valence-electron chi connectivity index (χ0n) is 14.1. The number of rotatable bonds is 3. The number of thioether (sulfide) groups is 1. The van der Waals surface area contributed by atoms with Gasteiger partial charge in [0.1, 0.15) is 22.9 Å². The molecule has 6 nitrogen and oxygen atoms in total. The molecule has 1 amide bonds. The van der Waals surface area contributed by atoms with Crippen LogP contribution in [0.2, 0.25) is 0 Å². The highest BCUT2D eigenvalue weighted by Crippen LogP contribution is 2.45. The third kappa shape index (κ3) is 3.28. The van der Waals surface area contributed by atoms with Gasteiger partial charge in [0, 0.05) is 22.9 Å². The van der Waals surface area contributed by atoms with E-state index in [-0.39, 0.29) is 18.2 Å². The summed E-state index contributed by atoms with van der Waals surface area (Å²) in [5.74, 6) is -0.815. The fourth-order valence-corrected chi connectivity index (χ4v) is 4.31. The molecule has 0 spiro atoms. The molecule has 0 bridgehead atoms. The Morgan fingerprint density at radius 3 is 2.96 bits per heavy atom. The standard InChI is InChI=1S/C18H16F2N4O2S/c19-11-1-4-15(22-6-11)16(25)23-12-2-3-14(20)13(5-12)18-9-26-7-10(18)8-27-17(21)24-18/h1-6,10H,7-9H2,(H2,21,24)(H,23,25)/t10-,18-/m0/s1. The zero-order valence-corrected chi connectivity index (χ0v) is 14.9. The lowest BCUT2D eigenvalue weighted by molar-refractivity contribution is 0.102. The number of benzene rings is 1. The number of hydrogen-bond donors (Lipinski definition) is 2. The monoisotopic (exact) mass is 390 g/mol. The molecule has 2 aromatic rings. The summed E-state index contributed by atoms with van der Waals surface area (Å²) in [6, 6.07) is 6.70. The molecule has 3 heterocycles. The molecule has 1 saturated heterocycles. The van der Waals surface area contributed by atoms with Gasteiger partial charge in [0.05, 0.1) is 19.4 Å². The van der Waals surface area contributed by atoms with Gasteiger partial charge in [0.25, 0.3) is 5.91 Å². The topological polar surface area (TPSA) is 89.6 Å². The van der Waals surface area contributed by atoms with Crippen molar-refractivity contribution in [2.24, 2.45) is 16.6 Å². The Hall–Kier alpha value is -2.52. The quantitative estimate of drug-likeness (QED) is 0.841. The fourth-order valence-electron chi connectivity index (χ4n) is 3.33. The van der Waals surface area contributed by atoms with E-state index in [1.165, 1.54) is 30.0 Å². The molecule has 140 valence electrons. The Balaban J connectivity index is 1.67. The van der Waals surface area contributed by atoms with Gasteiger partial charge in [-0.05, 0) is 30.3 Å². The van der Waals surface area contributed by atoms with E-state index in [0.717, 1.165) is 12.3 Å². The highest BCUT2D eigenvalue weighted by Gasteiger charge is 2.49. The van der Waals surface area contributed by atoms with Crippen molar-refractivity contribution in [1.29, 1.82) is 0 Å². The number of carbonyl (C=O) groups excluding carboxylic acids is 1. The number of nitrogens with zero attached hydrogens (tertiary/aromatic N) is 2. The van der Waals surface area contributed by atoms with Crippen molar-refractivity contribution in [1.82, 2.24) is 4.98 Å². The zero-order chi connectivity index (χ0) is 19.0. The second-order valence-corrected chi connectivity index (χ2v) is 7.45. The van der Waals surface area contributed by atoms with E-state index in [1.54, 1.807) is 6.07 Å². The molecule has 1 fully saturated rings. The number of hydrogen-bond acceptors (Lipinski definition) is 6. The van der Waals surface area contributed by atoms with Crippen molar-refractivity contribution in [2.75, 3.05) is 24.3 Å². The van der Waals surface area contributed by atoms with Crippen molar-refractivity contribution in [2.45, 2.75) is 5.54 Å². The van der Waals surface area contributed by atoms with Crippen molar-refractivity contribution in [3.05, 3.63) is 59.4 Å². The van der Waals surface area contributed by atoms with Gasteiger partial charge in [-0.1, -0.05) is 11.8 Å². The number of amidine groups is 1.